The fourth-order valence-electron chi connectivity index (χ4n) is 3.67. The van der Waals surface area contributed by atoms with Crippen molar-refractivity contribution in [3.8, 4) is 0 Å². The van der Waals surface area contributed by atoms with Crippen molar-refractivity contribution in [2.45, 2.75) is 38.9 Å². The summed E-state index contributed by atoms with van der Waals surface area (Å²) in [5.74, 6) is 1.24. The van der Waals surface area contributed by atoms with Crippen molar-refractivity contribution in [2.24, 2.45) is 0 Å². The average Bonchev–Trinajstić information content (AvgIpc) is 2.60. The van der Waals surface area contributed by atoms with Crippen LogP contribution in [0.1, 0.15) is 25.8 Å². The van der Waals surface area contributed by atoms with E-state index in [9.17, 15) is 0 Å². The normalized spacial score (nSPS) is 23.5. The van der Waals surface area contributed by atoms with E-state index in [4.69, 9.17) is 21.3 Å². The van der Waals surface area contributed by atoms with E-state index >= 15 is 0 Å². The van der Waals surface area contributed by atoms with Gasteiger partial charge in [0, 0.05) is 25.3 Å². The second kappa shape index (κ2) is 6.77. The summed E-state index contributed by atoms with van der Waals surface area (Å²) in [6.45, 7) is 6.51. The number of fused-ring (bicyclic) bond motifs is 1. The second-order valence-electron chi connectivity index (χ2n) is 6.75. The zero-order valence-corrected chi connectivity index (χ0v) is 15.3. The number of aromatic nitrogens is 3. The number of halogens is 1. The molecule has 4 rings (SSSR count). The molecule has 25 heavy (non-hydrogen) atoms. The molecule has 1 aromatic heterocycles. The molecule has 2 aliphatic heterocycles. The summed E-state index contributed by atoms with van der Waals surface area (Å²) < 4.78 is 5.80. The Hall–Kier alpha value is -1.92. The third-order valence-corrected chi connectivity index (χ3v) is 4.81. The van der Waals surface area contributed by atoms with Crippen LogP contribution in [0.3, 0.4) is 0 Å². The Labute approximate surface area is 152 Å². The van der Waals surface area contributed by atoms with E-state index in [2.05, 4.69) is 51.8 Å². The van der Waals surface area contributed by atoms with Gasteiger partial charge in [-0.15, -0.1) is 0 Å². The molecule has 2 atom stereocenters. The largest absolute Gasteiger partial charge is 0.372 e. The van der Waals surface area contributed by atoms with E-state index in [0.717, 1.165) is 38.2 Å². The van der Waals surface area contributed by atoms with Crippen LogP contribution in [0.5, 0.6) is 0 Å². The van der Waals surface area contributed by atoms with E-state index in [1.807, 2.05) is 6.07 Å². The van der Waals surface area contributed by atoms with E-state index in [-0.39, 0.29) is 17.5 Å². The van der Waals surface area contributed by atoms with Gasteiger partial charge < -0.3 is 14.5 Å². The van der Waals surface area contributed by atoms with Gasteiger partial charge in [-0.2, -0.15) is 15.0 Å². The fraction of sp³-hybridized carbons (Fsp3) is 0.500. The molecule has 6 nitrogen and oxygen atoms in total. The van der Waals surface area contributed by atoms with Crippen molar-refractivity contribution in [3.05, 3.63) is 35.1 Å². The lowest BCUT2D eigenvalue weighted by Gasteiger charge is -2.36. The number of morpholine rings is 1. The molecule has 7 heteroatoms. The van der Waals surface area contributed by atoms with Crippen molar-refractivity contribution in [3.63, 3.8) is 0 Å². The maximum Gasteiger partial charge on any atom is 0.236 e. The minimum absolute atomic E-state index is 0.137. The van der Waals surface area contributed by atoms with E-state index in [0.29, 0.717) is 11.9 Å². The van der Waals surface area contributed by atoms with Gasteiger partial charge in [-0.3, -0.25) is 0 Å². The van der Waals surface area contributed by atoms with E-state index in [1.165, 1.54) is 5.56 Å². The molecular formula is C18H22ClN5O. The topological polar surface area (TPSA) is 54.4 Å². The van der Waals surface area contributed by atoms with E-state index < -0.39 is 0 Å². The lowest BCUT2D eigenvalue weighted by Crippen LogP contribution is -2.46. The number of para-hydroxylation sites is 1. The molecule has 0 spiro atoms. The van der Waals surface area contributed by atoms with Crippen LogP contribution in [0, 0.1) is 0 Å². The third-order valence-electron chi connectivity index (χ3n) is 4.64. The van der Waals surface area contributed by atoms with Gasteiger partial charge in [0.1, 0.15) is 0 Å². The molecule has 2 aromatic rings. The number of ether oxygens (including phenoxy) is 1. The number of aryl methyl sites for hydroxylation is 1. The number of hydrogen-bond acceptors (Lipinski definition) is 6. The number of benzene rings is 1. The molecule has 0 aliphatic carbocycles. The summed E-state index contributed by atoms with van der Waals surface area (Å²) >= 11 is 6.24. The van der Waals surface area contributed by atoms with Crippen LogP contribution in [0.2, 0.25) is 5.28 Å². The highest BCUT2D eigenvalue weighted by atomic mass is 35.5. The predicted molar refractivity (Wildman–Crippen MR) is 98.8 cm³/mol. The fourth-order valence-corrected chi connectivity index (χ4v) is 3.83. The van der Waals surface area contributed by atoms with Gasteiger partial charge in [-0.05, 0) is 49.9 Å². The van der Waals surface area contributed by atoms with Gasteiger partial charge in [0.05, 0.1) is 12.2 Å². The summed E-state index contributed by atoms with van der Waals surface area (Å²) in [6.07, 6.45) is 2.43. The molecule has 0 unspecified atom stereocenters. The van der Waals surface area contributed by atoms with Gasteiger partial charge in [-0.1, -0.05) is 18.2 Å². The van der Waals surface area contributed by atoms with Crippen molar-refractivity contribution in [2.75, 3.05) is 29.4 Å². The quantitative estimate of drug-likeness (QED) is 0.820. The van der Waals surface area contributed by atoms with Crippen LogP contribution in [0.4, 0.5) is 17.6 Å². The Morgan fingerprint density at radius 3 is 2.56 bits per heavy atom. The number of rotatable bonds is 2. The zero-order chi connectivity index (χ0) is 17.4. The van der Waals surface area contributed by atoms with Crippen LogP contribution in [-0.2, 0) is 11.2 Å². The molecule has 0 saturated carbocycles. The maximum absolute atomic E-state index is 6.24. The number of hydrogen-bond donors (Lipinski definition) is 0. The van der Waals surface area contributed by atoms with Gasteiger partial charge >= 0.3 is 0 Å². The molecule has 2 aliphatic rings. The van der Waals surface area contributed by atoms with Gasteiger partial charge in [0.2, 0.25) is 17.2 Å². The third kappa shape index (κ3) is 3.41. The zero-order valence-electron chi connectivity index (χ0n) is 14.5. The van der Waals surface area contributed by atoms with Gasteiger partial charge in [-0.25, -0.2) is 0 Å². The highest BCUT2D eigenvalue weighted by molar-refractivity contribution is 6.28. The van der Waals surface area contributed by atoms with Crippen LogP contribution >= 0.6 is 11.6 Å². The monoisotopic (exact) mass is 359 g/mol. The minimum atomic E-state index is 0.137. The minimum Gasteiger partial charge on any atom is -0.372 e. The van der Waals surface area contributed by atoms with Crippen molar-refractivity contribution < 1.29 is 4.74 Å². The summed E-state index contributed by atoms with van der Waals surface area (Å²) in [4.78, 5) is 17.8. The molecule has 0 radical (unpaired) electrons. The van der Waals surface area contributed by atoms with Crippen molar-refractivity contribution in [1.29, 1.82) is 0 Å². The van der Waals surface area contributed by atoms with Crippen molar-refractivity contribution >= 4 is 29.2 Å². The molecule has 1 fully saturated rings. The highest BCUT2D eigenvalue weighted by Crippen LogP contribution is 2.32. The van der Waals surface area contributed by atoms with Crippen LogP contribution < -0.4 is 9.80 Å². The first kappa shape index (κ1) is 16.5. The smallest absolute Gasteiger partial charge is 0.236 e. The Balaban J connectivity index is 1.69. The Morgan fingerprint density at radius 2 is 1.76 bits per heavy atom. The lowest BCUT2D eigenvalue weighted by atomic mass is 10.0. The SMILES string of the molecule is C[C@@H]1CN(c2nc(Cl)nc(N3CCCc4ccccc43)n2)C[C@@H](C)O1. The second-order valence-corrected chi connectivity index (χ2v) is 7.09. The first-order chi connectivity index (χ1) is 12.1. The first-order valence-corrected chi connectivity index (χ1v) is 9.15. The van der Waals surface area contributed by atoms with Crippen LogP contribution in [0.25, 0.3) is 0 Å². The van der Waals surface area contributed by atoms with Gasteiger partial charge in [0.25, 0.3) is 0 Å². The summed E-state index contributed by atoms with van der Waals surface area (Å²) in [6, 6.07) is 8.40. The summed E-state index contributed by atoms with van der Waals surface area (Å²) in [5, 5.41) is 0.231. The van der Waals surface area contributed by atoms with Crippen LogP contribution in [-0.4, -0.2) is 46.8 Å². The highest BCUT2D eigenvalue weighted by Gasteiger charge is 2.27. The Morgan fingerprint density at radius 1 is 1.04 bits per heavy atom. The lowest BCUT2D eigenvalue weighted by molar-refractivity contribution is -0.00572. The number of anilines is 3. The summed E-state index contributed by atoms with van der Waals surface area (Å²) in [5.41, 5.74) is 2.48. The molecule has 0 amide bonds. The average molecular weight is 360 g/mol. The molecule has 0 N–H and O–H groups in total. The molecule has 1 aromatic carbocycles. The van der Waals surface area contributed by atoms with Gasteiger partial charge in [0.15, 0.2) is 0 Å². The van der Waals surface area contributed by atoms with Crippen molar-refractivity contribution in [1.82, 2.24) is 15.0 Å². The maximum atomic E-state index is 6.24. The Bertz CT molecular complexity index is 761. The molecular weight excluding hydrogens is 338 g/mol. The molecule has 0 bridgehead atoms. The molecule has 132 valence electrons. The Kier molecular flexibility index (Phi) is 4.48. The van der Waals surface area contributed by atoms with Crippen LogP contribution in [0.15, 0.2) is 24.3 Å². The number of nitrogens with zero attached hydrogens (tertiary/aromatic N) is 5. The first-order valence-electron chi connectivity index (χ1n) is 8.77. The standard InChI is InChI=1S/C18H22ClN5O/c1-12-10-23(11-13(2)25-12)17-20-16(19)21-18(22-17)24-9-5-7-14-6-3-4-8-15(14)24/h3-4,6,8,12-13H,5,7,9-11H2,1-2H3/t12-,13-/m1/s1. The predicted octanol–water partition coefficient (Wildman–Crippen LogP) is 3.22. The van der Waals surface area contributed by atoms with E-state index in [1.54, 1.807) is 0 Å². The molecule has 1 saturated heterocycles. The summed E-state index contributed by atoms with van der Waals surface area (Å²) in [7, 11) is 0. The molecule has 3 heterocycles.